The monoisotopic (exact) mass is 383 g/mol. The molecule has 0 fully saturated rings. The van der Waals surface area contributed by atoms with Crippen molar-refractivity contribution in [2.75, 3.05) is 27.9 Å². The second kappa shape index (κ2) is 10.2. The minimum atomic E-state index is -0.176. The number of carbonyl (C=O) groups excluding carboxylic acids is 2. The summed E-state index contributed by atoms with van der Waals surface area (Å²) in [6, 6.07) is 10.9. The standard InChI is InChI=1S/C22H25NO5/c1-15(24)23-12-11-17-13-21(27-3)22(28-4)14-18(17)19(25)10-9-16-7-5-6-8-20(16)26-2/h5-10,13-14H,11-12H2,1-4H3,(H,23,24). The molecule has 2 rings (SSSR count). The van der Waals surface area contributed by atoms with E-state index in [0.29, 0.717) is 35.8 Å². The first-order chi connectivity index (χ1) is 13.5. The average molecular weight is 383 g/mol. The van der Waals surface area contributed by atoms with Crippen LogP contribution in [0, 0.1) is 0 Å². The van der Waals surface area contributed by atoms with Gasteiger partial charge in [0.1, 0.15) is 5.75 Å². The average Bonchev–Trinajstić information content (AvgIpc) is 2.71. The minimum absolute atomic E-state index is 0.121. The summed E-state index contributed by atoms with van der Waals surface area (Å²) in [5, 5.41) is 2.74. The van der Waals surface area contributed by atoms with Crippen molar-refractivity contribution in [3.05, 3.63) is 59.2 Å². The van der Waals surface area contributed by atoms with Crippen LogP contribution in [-0.2, 0) is 11.2 Å². The zero-order valence-electron chi connectivity index (χ0n) is 16.6. The van der Waals surface area contributed by atoms with E-state index in [2.05, 4.69) is 5.32 Å². The van der Waals surface area contributed by atoms with E-state index in [1.54, 1.807) is 32.4 Å². The summed E-state index contributed by atoms with van der Waals surface area (Å²) in [6.07, 6.45) is 3.71. The number of hydrogen-bond donors (Lipinski definition) is 1. The molecular weight excluding hydrogens is 358 g/mol. The number of para-hydroxylation sites is 1. The van der Waals surface area contributed by atoms with Crippen molar-refractivity contribution in [3.63, 3.8) is 0 Å². The fourth-order valence-corrected chi connectivity index (χ4v) is 2.79. The van der Waals surface area contributed by atoms with Crippen LogP contribution in [0.15, 0.2) is 42.5 Å². The smallest absolute Gasteiger partial charge is 0.216 e. The number of allylic oxidation sites excluding steroid dienone is 1. The molecule has 0 aromatic heterocycles. The summed E-state index contributed by atoms with van der Waals surface area (Å²) in [5.41, 5.74) is 2.06. The third-order valence-electron chi connectivity index (χ3n) is 4.20. The Labute approximate surface area is 165 Å². The van der Waals surface area contributed by atoms with E-state index < -0.39 is 0 Å². The molecule has 0 aliphatic heterocycles. The van der Waals surface area contributed by atoms with Crippen molar-refractivity contribution >= 4 is 17.8 Å². The molecule has 0 radical (unpaired) electrons. The molecule has 28 heavy (non-hydrogen) atoms. The molecule has 0 spiro atoms. The zero-order valence-corrected chi connectivity index (χ0v) is 16.6. The molecule has 0 heterocycles. The topological polar surface area (TPSA) is 73.9 Å². The van der Waals surface area contributed by atoms with Gasteiger partial charge in [0.05, 0.1) is 21.3 Å². The van der Waals surface area contributed by atoms with Gasteiger partial charge in [0.25, 0.3) is 0 Å². The number of ketones is 1. The second-order valence-electron chi connectivity index (χ2n) is 6.04. The van der Waals surface area contributed by atoms with E-state index in [0.717, 1.165) is 11.1 Å². The lowest BCUT2D eigenvalue weighted by atomic mass is 9.99. The highest BCUT2D eigenvalue weighted by Crippen LogP contribution is 2.31. The van der Waals surface area contributed by atoms with Crippen molar-refractivity contribution in [1.82, 2.24) is 5.32 Å². The van der Waals surface area contributed by atoms with Crippen LogP contribution in [0.3, 0.4) is 0 Å². The second-order valence-corrected chi connectivity index (χ2v) is 6.04. The first kappa shape index (κ1) is 21.0. The summed E-state index contributed by atoms with van der Waals surface area (Å²) < 4.78 is 16.0. The molecule has 1 N–H and O–H groups in total. The molecule has 6 nitrogen and oxygen atoms in total. The Balaban J connectivity index is 2.35. The Morgan fingerprint density at radius 1 is 0.964 bits per heavy atom. The maximum Gasteiger partial charge on any atom is 0.216 e. The SMILES string of the molecule is COc1ccccc1C=CC(=O)c1cc(OC)c(OC)cc1CCNC(C)=O. The Kier molecular flexibility index (Phi) is 7.63. The highest BCUT2D eigenvalue weighted by atomic mass is 16.5. The number of hydrogen-bond acceptors (Lipinski definition) is 5. The quantitative estimate of drug-likeness (QED) is 0.531. The lowest BCUT2D eigenvalue weighted by molar-refractivity contribution is -0.118. The van der Waals surface area contributed by atoms with Crippen LogP contribution in [0.5, 0.6) is 17.2 Å². The lowest BCUT2D eigenvalue weighted by Crippen LogP contribution is -2.23. The Bertz CT molecular complexity index is 873. The molecule has 0 saturated carbocycles. The molecule has 0 aliphatic carbocycles. The summed E-state index contributed by atoms with van der Waals surface area (Å²) in [7, 11) is 4.65. The van der Waals surface area contributed by atoms with Crippen molar-refractivity contribution < 1.29 is 23.8 Å². The van der Waals surface area contributed by atoms with Crippen LogP contribution in [-0.4, -0.2) is 39.6 Å². The molecule has 0 bridgehead atoms. The molecule has 1 amide bonds. The van der Waals surface area contributed by atoms with Crippen molar-refractivity contribution in [2.24, 2.45) is 0 Å². The van der Waals surface area contributed by atoms with E-state index in [4.69, 9.17) is 14.2 Å². The van der Waals surface area contributed by atoms with Crippen LogP contribution < -0.4 is 19.5 Å². The largest absolute Gasteiger partial charge is 0.496 e. The normalized spacial score (nSPS) is 10.6. The predicted octanol–water partition coefficient (Wildman–Crippen LogP) is 3.29. The Morgan fingerprint density at radius 3 is 2.25 bits per heavy atom. The highest BCUT2D eigenvalue weighted by Gasteiger charge is 2.15. The van der Waals surface area contributed by atoms with E-state index in [9.17, 15) is 9.59 Å². The molecule has 0 aliphatic rings. The Morgan fingerprint density at radius 2 is 1.61 bits per heavy atom. The van der Waals surface area contributed by atoms with E-state index in [1.165, 1.54) is 20.1 Å². The van der Waals surface area contributed by atoms with Gasteiger partial charge in [0.15, 0.2) is 17.3 Å². The van der Waals surface area contributed by atoms with Gasteiger partial charge in [0, 0.05) is 24.6 Å². The van der Waals surface area contributed by atoms with Crippen LogP contribution in [0.1, 0.15) is 28.4 Å². The van der Waals surface area contributed by atoms with Crippen LogP contribution in [0.4, 0.5) is 0 Å². The Hall–Kier alpha value is -3.28. The van der Waals surface area contributed by atoms with Crippen LogP contribution in [0.25, 0.3) is 6.08 Å². The molecule has 2 aromatic carbocycles. The molecule has 2 aromatic rings. The maximum atomic E-state index is 12.9. The predicted molar refractivity (Wildman–Crippen MR) is 108 cm³/mol. The van der Waals surface area contributed by atoms with Gasteiger partial charge in [-0.15, -0.1) is 0 Å². The summed E-state index contributed by atoms with van der Waals surface area (Å²) in [4.78, 5) is 24.0. The third kappa shape index (κ3) is 5.36. The first-order valence-corrected chi connectivity index (χ1v) is 8.85. The van der Waals surface area contributed by atoms with Gasteiger partial charge in [-0.25, -0.2) is 0 Å². The third-order valence-corrected chi connectivity index (χ3v) is 4.20. The number of amides is 1. The van der Waals surface area contributed by atoms with Crippen molar-refractivity contribution in [2.45, 2.75) is 13.3 Å². The molecular formula is C22H25NO5. The minimum Gasteiger partial charge on any atom is -0.496 e. The van der Waals surface area contributed by atoms with E-state index in [1.807, 2.05) is 24.3 Å². The van der Waals surface area contributed by atoms with E-state index in [-0.39, 0.29) is 11.7 Å². The van der Waals surface area contributed by atoms with Crippen molar-refractivity contribution in [1.29, 1.82) is 0 Å². The highest BCUT2D eigenvalue weighted by molar-refractivity contribution is 6.08. The zero-order chi connectivity index (χ0) is 20.5. The fraction of sp³-hybridized carbons (Fsp3) is 0.273. The molecule has 6 heteroatoms. The van der Waals surface area contributed by atoms with Crippen LogP contribution >= 0.6 is 0 Å². The maximum absolute atomic E-state index is 12.9. The van der Waals surface area contributed by atoms with Gasteiger partial charge in [-0.2, -0.15) is 0 Å². The lowest BCUT2D eigenvalue weighted by Gasteiger charge is -2.14. The number of ether oxygens (including phenoxy) is 3. The van der Waals surface area contributed by atoms with Gasteiger partial charge in [-0.1, -0.05) is 18.2 Å². The molecule has 0 atom stereocenters. The van der Waals surface area contributed by atoms with Crippen LogP contribution in [0.2, 0.25) is 0 Å². The summed E-state index contributed by atoms with van der Waals surface area (Å²) in [5.74, 6) is 1.39. The first-order valence-electron chi connectivity index (χ1n) is 8.85. The fourth-order valence-electron chi connectivity index (χ4n) is 2.79. The van der Waals surface area contributed by atoms with Gasteiger partial charge < -0.3 is 19.5 Å². The van der Waals surface area contributed by atoms with Gasteiger partial charge in [-0.3, -0.25) is 9.59 Å². The number of benzene rings is 2. The van der Waals surface area contributed by atoms with Gasteiger partial charge in [-0.05, 0) is 42.3 Å². The van der Waals surface area contributed by atoms with Gasteiger partial charge in [0.2, 0.25) is 5.91 Å². The number of rotatable bonds is 9. The summed E-state index contributed by atoms with van der Waals surface area (Å²) in [6.45, 7) is 1.87. The molecule has 0 unspecified atom stereocenters. The number of carbonyl (C=O) groups is 2. The number of methoxy groups -OCH3 is 3. The van der Waals surface area contributed by atoms with Crippen molar-refractivity contribution in [3.8, 4) is 17.2 Å². The van der Waals surface area contributed by atoms with Gasteiger partial charge >= 0.3 is 0 Å². The number of nitrogens with one attached hydrogen (secondary N) is 1. The van der Waals surface area contributed by atoms with E-state index >= 15 is 0 Å². The summed E-state index contributed by atoms with van der Waals surface area (Å²) >= 11 is 0. The molecule has 0 saturated heterocycles. The molecule has 148 valence electrons.